The molecule has 0 aliphatic rings. The predicted molar refractivity (Wildman–Crippen MR) is 52.4 cm³/mol. The minimum absolute atomic E-state index is 0.00301. The summed E-state index contributed by atoms with van der Waals surface area (Å²) in [5.41, 5.74) is 2.32. The smallest absolute Gasteiger partial charge is 0.165 e. The Morgan fingerprint density at radius 2 is 2.29 bits per heavy atom. The summed E-state index contributed by atoms with van der Waals surface area (Å²) in [5, 5.41) is 4.08. The van der Waals surface area contributed by atoms with Crippen LogP contribution in [-0.4, -0.2) is 20.4 Å². The third-order valence-corrected chi connectivity index (χ3v) is 2.20. The molecule has 0 aliphatic heterocycles. The summed E-state index contributed by atoms with van der Waals surface area (Å²) >= 11 is 0. The highest BCUT2D eigenvalue weighted by atomic mass is 16.1. The minimum atomic E-state index is -0.00301. The highest BCUT2D eigenvalue weighted by Gasteiger charge is 2.09. The number of aromatic nitrogens is 3. The van der Waals surface area contributed by atoms with Gasteiger partial charge < -0.3 is 0 Å². The van der Waals surface area contributed by atoms with Crippen molar-refractivity contribution in [1.29, 1.82) is 0 Å². The molecule has 4 heteroatoms. The number of nitrogens with zero attached hydrogens (tertiary/aromatic N) is 3. The fraction of sp³-hybridized carbons (Fsp3) is 0.300. The van der Waals surface area contributed by atoms with Crippen LogP contribution in [-0.2, 0) is 6.42 Å². The number of carbonyl (C=O) groups is 1. The van der Waals surface area contributed by atoms with Crippen LogP contribution in [0.4, 0.5) is 0 Å². The summed E-state index contributed by atoms with van der Waals surface area (Å²) in [6.07, 6.45) is 6.15. The van der Waals surface area contributed by atoms with Gasteiger partial charge in [-0.15, -0.1) is 0 Å². The fourth-order valence-electron chi connectivity index (χ4n) is 1.34. The van der Waals surface area contributed by atoms with Gasteiger partial charge in [-0.3, -0.25) is 4.79 Å². The summed E-state index contributed by atoms with van der Waals surface area (Å²) < 4.78 is 1.65. The van der Waals surface area contributed by atoms with Crippen LogP contribution in [0.25, 0.3) is 5.65 Å². The maximum Gasteiger partial charge on any atom is 0.165 e. The Bertz CT molecular complexity index is 487. The molecule has 0 N–H and O–H groups in total. The minimum Gasteiger partial charge on any atom is -0.294 e. The largest absolute Gasteiger partial charge is 0.294 e. The van der Waals surface area contributed by atoms with E-state index in [1.165, 1.54) is 6.92 Å². The molecule has 2 rings (SSSR count). The first-order chi connectivity index (χ1) is 6.72. The van der Waals surface area contributed by atoms with Crippen LogP contribution in [0.15, 0.2) is 18.6 Å². The second-order valence-electron chi connectivity index (χ2n) is 3.20. The Hall–Kier alpha value is -1.71. The first-order valence-corrected chi connectivity index (χ1v) is 4.55. The molecular weight excluding hydrogens is 178 g/mol. The Balaban J connectivity index is 2.65. The highest BCUT2D eigenvalue weighted by Crippen LogP contribution is 2.09. The van der Waals surface area contributed by atoms with Crippen molar-refractivity contribution in [2.24, 2.45) is 0 Å². The third kappa shape index (κ3) is 1.28. The van der Waals surface area contributed by atoms with E-state index >= 15 is 0 Å². The van der Waals surface area contributed by atoms with E-state index in [-0.39, 0.29) is 5.78 Å². The standard InChI is InChI=1S/C10H11N3O/c1-3-8-4-11-10-9(7(2)14)5-12-13(10)6-8/h4-6H,3H2,1-2H3. The van der Waals surface area contributed by atoms with Gasteiger partial charge in [-0.1, -0.05) is 6.92 Å². The molecule has 0 aliphatic carbocycles. The van der Waals surface area contributed by atoms with Crippen molar-refractivity contribution in [3.05, 3.63) is 29.7 Å². The third-order valence-electron chi connectivity index (χ3n) is 2.20. The van der Waals surface area contributed by atoms with E-state index in [1.807, 2.05) is 6.20 Å². The maximum absolute atomic E-state index is 11.2. The molecule has 2 aromatic rings. The van der Waals surface area contributed by atoms with Crippen molar-refractivity contribution in [3.8, 4) is 0 Å². The Morgan fingerprint density at radius 3 is 2.93 bits per heavy atom. The molecule has 0 bridgehead atoms. The van der Waals surface area contributed by atoms with Gasteiger partial charge in [0.15, 0.2) is 11.4 Å². The number of rotatable bonds is 2. The van der Waals surface area contributed by atoms with Crippen molar-refractivity contribution in [2.75, 3.05) is 0 Å². The van der Waals surface area contributed by atoms with E-state index < -0.39 is 0 Å². The van der Waals surface area contributed by atoms with Crippen LogP contribution in [0.5, 0.6) is 0 Å². The number of fused-ring (bicyclic) bond motifs is 1. The van der Waals surface area contributed by atoms with Crippen molar-refractivity contribution in [1.82, 2.24) is 14.6 Å². The van der Waals surface area contributed by atoms with Gasteiger partial charge in [-0.2, -0.15) is 5.10 Å². The summed E-state index contributed by atoms with van der Waals surface area (Å²) in [6.45, 7) is 3.57. The molecule has 0 saturated carbocycles. The molecule has 14 heavy (non-hydrogen) atoms. The van der Waals surface area contributed by atoms with Crippen molar-refractivity contribution in [2.45, 2.75) is 20.3 Å². The Morgan fingerprint density at radius 1 is 1.50 bits per heavy atom. The molecule has 0 saturated heterocycles. The van der Waals surface area contributed by atoms with E-state index in [1.54, 1.807) is 16.9 Å². The van der Waals surface area contributed by atoms with E-state index in [2.05, 4.69) is 17.0 Å². The van der Waals surface area contributed by atoms with Crippen LogP contribution in [0.3, 0.4) is 0 Å². The van der Waals surface area contributed by atoms with Crippen LogP contribution < -0.4 is 0 Å². The molecule has 0 fully saturated rings. The Kier molecular flexibility index (Phi) is 2.04. The monoisotopic (exact) mass is 189 g/mol. The van der Waals surface area contributed by atoms with Gasteiger partial charge >= 0.3 is 0 Å². The summed E-state index contributed by atoms with van der Waals surface area (Å²) in [7, 11) is 0. The molecule has 4 nitrogen and oxygen atoms in total. The molecule has 72 valence electrons. The summed E-state index contributed by atoms with van der Waals surface area (Å²) in [4.78, 5) is 15.4. The van der Waals surface area contributed by atoms with Crippen molar-refractivity contribution in [3.63, 3.8) is 0 Å². The molecule has 0 unspecified atom stereocenters. The molecule has 0 amide bonds. The Labute approximate surface area is 81.6 Å². The molecule has 0 radical (unpaired) electrons. The van der Waals surface area contributed by atoms with Gasteiger partial charge in [0.25, 0.3) is 0 Å². The molecule has 0 aromatic carbocycles. The van der Waals surface area contributed by atoms with Crippen molar-refractivity contribution >= 4 is 11.4 Å². The lowest BCUT2D eigenvalue weighted by atomic mass is 10.2. The van der Waals surface area contributed by atoms with Gasteiger partial charge in [0.1, 0.15) is 0 Å². The topological polar surface area (TPSA) is 47.3 Å². The van der Waals surface area contributed by atoms with Gasteiger partial charge in [0.05, 0.1) is 11.8 Å². The van der Waals surface area contributed by atoms with E-state index in [4.69, 9.17) is 0 Å². The summed E-state index contributed by atoms with van der Waals surface area (Å²) in [6, 6.07) is 0. The molecule has 0 spiro atoms. The molecular formula is C10H11N3O. The average Bonchev–Trinajstić information content (AvgIpc) is 2.59. The van der Waals surface area contributed by atoms with Crippen LogP contribution in [0, 0.1) is 0 Å². The van der Waals surface area contributed by atoms with Gasteiger partial charge in [-0.25, -0.2) is 9.50 Å². The van der Waals surface area contributed by atoms with E-state index in [9.17, 15) is 4.79 Å². The number of hydrogen-bond acceptors (Lipinski definition) is 3. The zero-order chi connectivity index (χ0) is 10.1. The van der Waals surface area contributed by atoms with Crippen LogP contribution in [0.1, 0.15) is 29.8 Å². The lowest BCUT2D eigenvalue weighted by Gasteiger charge is -1.97. The van der Waals surface area contributed by atoms with Crippen molar-refractivity contribution < 1.29 is 4.79 Å². The van der Waals surface area contributed by atoms with E-state index in [0.717, 1.165) is 12.0 Å². The number of ketones is 1. The molecule has 2 aromatic heterocycles. The summed E-state index contributed by atoms with van der Waals surface area (Å²) in [5.74, 6) is -0.00301. The average molecular weight is 189 g/mol. The lowest BCUT2D eigenvalue weighted by molar-refractivity contribution is 0.101. The first kappa shape index (κ1) is 8.87. The SMILES string of the molecule is CCc1cnc2c(C(C)=O)cnn2c1. The van der Waals surface area contributed by atoms with Gasteiger partial charge in [-0.05, 0) is 18.9 Å². The second-order valence-corrected chi connectivity index (χ2v) is 3.20. The van der Waals surface area contributed by atoms with Crippen LogP contribution in [0.2, 0.25) is 0 Å². The number of hydrogen-bond donors (Lipinski definition) is 0. The number of carbonyl (C=O) groups excluding carboxylic acids is 1. The normalized spacial score (nSPS) is 10.7. The van der Waals surface area contributed by atoms with E-state index in [0.29, 0.717) is 11.2 Å². The highest BCUT2D eigenvalue weighted by molar-refractivity contribution is 5.99. The van der Waals surface area contributed by atoms with Crippen LogP contribution >= 0.6 is 0 Å². The second kappa shape index (κ2) is 3.21. The zero-order valence-electron chi connectivity index (χ0n) is 8.19. The number of Topliss-reactive ketones (excluding diaryl/α,β-unsaturated/α-hetero) is 1. The first-order valence-electron chi connectivity index (χ1n) is 4.55. The number of aryl methyl sites for hydroxylation is 1. The quantitative estimate of drug-likeness (QED) is 0.672. The zero-order valence-corrected chi connectivity index (χ0v) is 8.19. The molecule has 0 atom stereocenters. The molecule has 2 heterocycles. The van der Waals surface area contributed by atoms with Gasteiger partial charge in [0, 0.05) is 12.4 Å². The fourth-order valence-corrected chi connectivity index (χ4v) is 1.34. The predicted octanol–water partition coefficient (Wildman–Crippen LogP) is 1.49. The van der Waals surface area contributed by atoms with Gasteiger partial charge in [0.2, 0.25) is 0 Å². The lowest BCUT2D eigenvalue weighted by Crippen LogP contribution is -1.96. The maximum atomic E-state index is 11.2.